The normalized spacial score (nSPS) is 14.8. The maximum absolute atomic E-state index is 12.5. The van der Waals surface area contributed by atoms with E-state index in [0.29, 0.717) is 17.2 Å². The number of nitrogens with one attached hydrogen (secondary N) is 2. The lowest BCUT2D eigenvalue weighted by atomic mass is 9.95. The molecule has 0 atom stereocenters. The molecule has 0 aliphatic heterocycles. The van der Waals surface area contributed by atoms with Gasteiger partial charge in [0.2, 0.25) is 0 Å². The van der Waals surface area contributed by atoms with Gasteiger partial charge < -0.3 is 10.6 Å². The van der Waals surface area contributed by atoms with E-state index in [0.717, 1.165) is 25.7 Å². The van der Waals surface area contributed by atoms with Gasteiger partial charge in [-0.2, -0.15) is 0 Å². The van der Waals surface area contributed by atoms with E-state index in [1.807, 2.05) is 24.3 Å². The van der Waals surface area contributed by atoms with Crippen LogP contribution in [-0.2, 0) is 0 Å². The third-order valence-electron chi connectivity index (χ3n) is 5.03. The summed E-state index contributed by atoms with van der Waals surface area (Å²) in [5.74, 6) is -0.0185. The molecule has 0 bridgehead atoms. The average Bonchev–Trinajstić information content (AvgIpc) is 2.69. The second-order valence-electron chi connectivity index (χ2n) is 7.47. The van der Waals surface area contributed by atoms with E-state index < -0.39 is 0 Å². The van der Waals surface area contributed by atoms with Gasteiger partial charge in [0.05, 0.1) is 0 Å². The van der Waals surface area contributed by atoms with Crippen LogP contribution in [0.5, 0.6) is 0 Å². The number of amides is 2. The van der Waals surface area contributed by atoms with Crippen LogP contribution in [0, 0.1) is 0 Å². The summed E-state index contributed by atoms with van der Waals surface area (Å²) in [6.45, 7) is 4.25. The zero-order valence-corrected chi connectivity index (χ0v) is 16.0. The van der Waals surface area contributed by atoms with Gasteiger partial charge in [-0.05, 0) is 48.6 Å². The Morgan fingerprint density at radius 2 is 1.70 bits per heavy atom. The molecule has 5 nitrogen and oxygen atoms in total. The van der Waals surface area contributed by atoms with Crippen LogP contribution in [0.3, 0.4) is 0 Å². The molecule has 1 aromatic heterocycles. The maximum Gasteiger partial charge on any atom is 0.274 e. The summed E-state index contributed by atoms with van der Waals surface area (Å²) >= 11 is 0. The Bertz CT molecular complexity index is 793. The van der Waals surface area contributed by atoms with Crippen molar-refractivity contribution in [1.29, 1.82) is 0 Å². The third kappa shape index (κ3) is 5.16. The van der Waals surface area contributed by atoms with Gasteiger partial charge in [-0.25, -0.2) is 0 Å². The van der Waals surface area contributed by atoms with Crippen molar-refractivity contribution in [3.63, 3.8) is 0 Å². The molecule has 0 radical (unpaired) electrons. The van der Waals surface area contributed by atoms with E-state index >= 15 is 0 Å². The summed E-state index contributed by atoms with van der Waals surface area (Å²) in [4.78, 5) is 29.1. The molecule has 1 aromatic carbocycles. The van der Waals surface area contributed by atoms with Crippen LogP contribution in [-0.4, -0.2) is 22.8 Å². The molecule has 2 aromatic rings. The van der Waals surface area contributed by atoms with Crippen LogP contribution in [0.2, 0.25) is 0 Å². The highest BCUT2D eigenvalue weighted by Crippen LogP contribution is 2.19. The first-order chi connectivity index (χ1) is 13.0. The highest BCUT2D eigenvalue weighted by Gasteiger charge is 2.18. The number of benzene rings is 1. The molecule has 27 heavy (non-hydrogen) atoms. The lowest BCUT2D eigenvalue weighted by Crippen LogP contribution is -2.36. The Morgan fingerprint density at radius 1 is 1.00 bits per heavy atom. The number of carbonyl (C=O) groups is 2. The monoisotopic (exact) mass is 365 g/mol. The van der Waals surface area contributed by atoms with E-state index in [9.17, 15) is 9.59 Å². The Labute approximate surface area is 160 Å². The van der Waals surface area contributed by atoms with Crippen molar-refractivity contribution in [2.24, 2.45) is 0 Å². The number of aromatic nitrogens is 1. The fourth-order valence-electron chi connectivity index (χ4n) is 3.36. The van der Waals surface area contributed by atoms with Crippen LogP contribution in [0.1, 0.15) is 78.3 Å². The van der Waals surface area contributed by atoms with Gasteiger partial charge in [-0.15, -0.1) is 0 Å². The SMILES string of the molecule is CC(C)c1ccc(NC(=O)c2cc(C(=O)NC3CCCCC3)ccn2)cc1. The molecule has 1 aliphatic carbocycles. The Hall–Kier alpha value is -2.69. The predicted octanol–water partition coefficient (Wildman–Crippen LogP) is 4.52. The van der Waals surface area contributed by atoms with Crippen molar-refractivity contribution in [3.8, 4) is 0 Å². The van der Waals surface area contributed by atoms with E-state index in [4.69, 9.17) is 0 Å². The second-order valence-corrected chi connectivity index (χ2v) is 7.47. The number of carbonyl (C=O) groups excluding carboxylic acids is 2. The molecule has 1 heterocycles. The van der Waals surface area contributed by atoms with E-state index in [1.165, 1.54) is 18.2 Å². The molecule has 2 amide bonds. The number of nitrogens with zero attached hydrogens (tertiary/aromatic N) is 1. The molecule has 1 saturated carbocycles. The minimum Gasteiger partial charge on any atom is -0.349 e. The zero-order chi connectivity index (χ0) is 19.2. The van der Waals surface area contributed by atoms with Gasteiger partial charge >= 0.3 is 0 Å². The molecular formula is C22H27N3O2. The predicted molar refractivity (Wildman–Crippen MR) is 107 cm³/mol. The lowest BCUT2D eigenvalue weighted by Gasteiger charge is -2.22. The van der Waals surface area contributed by atoms with Crippen LogP contribution < -0.4 is 10.6 Å². The average molecular weight is 365 g/mol. The van der Waals surface area contributed by atoms with Crippen LogP contribution >= 0.6 is 0 Å². The summed E-state index contributed by atoms with van der Waals surface area (Å²) in [6, 6.07) is 11.2. The minimum absolute atomic E-state index is 0.139. The molecule has 142 valence electrons. The standard InChI is InChI=1S/C22H27N3O2/c1-15(2)16-8-10-19(11-9-16)25-22(27)20-14-17(12-13-23-20)21(26)24-18-6-4-3-5-7-18/h8-15,18H,3-7H2,1-2H3,(H,24,26)(H,25,27). The summed E-state index contributed by atoms with van der Waals surface area (Å²) in [5, 5.41) is 5.91. The maximum atomic E-state index is 12.5. The number of rotatable bonds is 5. The number of hydrogen-bond donors (Lipinski definition) is 2. The molecular weight excluding hydrogens is 338 g/mol. The van der Waals surface area contributed by atoms with Crippen LogP contribution in [0.4, 0.5) is 5.69 Å². The first-order valence-electron chi connectivity index (χ1n) is 9.71. The van der Waals surface area contributed by atoms with Gasteiger partial charge in [-0.3, -0.25) is 14.6 Å². The number of anilines is 1. The van der Waals surface area contributed by atoms with Gasteiger partial charge in [0.1, 0.15) is 5.69 Å². The minimum atomic E-state index is -0.320. The van der Waals surface area contributed by atoms with E-state index in [1.54, 1.807) is 12.1 Å². The van der Waals surface area contributed by atoms with E-state index in [2.05, 4.69) is 29.5 Å². The molecule has 1 aliphatic rings. The van der Waals surface area contributed by atoms with Crippen LogP contribution in [0.25, 0.3) is 0 Å². The van der Waals surface area contributed by atoms with Crippen molar-refractivity contribution >= 4 is 17.5 Å². The summed E-state index contributed by atoms with van der Waals surface area (Å²) < 4.78 is 0. The Morgan fingerprint density at radius 3 is 2.37 bits per heavy atom. The molecule has 5 heteroatoms. The van der Waals surface area contributed by atoms with Crippen LogP contribution in [0.15, 0.2) is 42.6 Å². The summed E-state index contributed by atoms with van der Waals surface area (Å²) in [7, 11) is 0. The number of hydrogen-bond acceptors (Lipinski definition) is 3. The van der Waals surface area contributed by atoms with Crippen molar-refractivity contribution in [2.75, 3.05) is 5.32 Å². The summed E-state index contributed by atoms with van der Waals surface area (Å²) in [6.07, 6.45) is 7.11. The molecule has 1 fully saturated rings. The topological polar surface area (TPSA) is 71.1 Å². The van der Waals surface area contributed by atoms with Gasteiger partial charge in [0.15, 0.2) is 0 Å². The molecule has 3 rings (SSSR count). The van der Waals surface area contributed by atoms with E-state index in [-0.39, 0.29) is 23.6 Å². The Balaban J connectivity index is 1.65. The zero-order valence-electron chi connectivity index (χ0n) is 16.0. The third-order valence-corrected chi connectivity index (χ3v) is 5.03. The largest absolute Gasteiger partial charge is 0.349 e. The fourth-order valence-corrected chi connectivity index (χ4v) is 3.36. The highest BCUT2D eigenvalue weighted by atomic mass is 16.2. The van der Waals surface area contributed by atoms with Crippen molar-refractivity contribution in [3.05, 3.63) is 59.4 Å². The van der Waals surface area contributed by atoms with Gasteiger partial charge in [-0.1, -0.05) is 45.2 Å². The quantitative estimate of drug-likeness (QED) is 0.818. The smallest absolute Gasteiger partial charge is 0.274 e. The van der Waals surface area contributed by atoms with Gasteiger partial charge in [0, 0.05) is 23.5 Å². The lowest BCUT2D eigenvalue weighted by molar-refractivity contribution is 0.0927. The number of pyridine rings is 1. The van der Waals surface area contributed by atoms with Gasteiger partial charge in [0.25, 0.3) is 11.8 Å². The molecule has 0 unspecified atom stereocenters. The fraction of sp³-hybridized carbons (Fsp3) is 0.409. The summed E-state index contributed by atoms with van der Waals surface area (Å²) in [5.41, 5.74) is 2.63. The molecule has 0 saturated heterocycles. The van der Waals surface area contributed by atoms with Crippen molar-refractivity contribution < 1.29 is 9.59 Å². The van der Waals surface area contributed by atoms with Crippen molar-refractivity contribution in [1.82, 2.24) is 10.3 Å². The molecule has 0 spiro atoms. The highest BCUT2D eigenvalue weighted by molar-refractivity contribution is 6.04. The first-order valence-corrected chi connectivity index (χ1v) is 9.71. The Kier molecular flexibility index (Phi) is 6.22. The second kappa shape index (κ2) is 8.80. The molecule has 2 N–H and O–H groups in total. The van der Waals surface area contributed by atoms with Crippen molar-refractivity contribution in [2.45, 2.75) is 57.9 Å². The first kappa shape index (κ1) is 19.1.